The zero-order chi connectivity index (χ0) is 14.5. The molecule has 0 heterocycles. The monoisotopic (exact) mass is 273 g/mol. The SMILES string of the molecule is CC(Cc1ccccc1F)NC(C)c1cccc(O)c1. The maximum Gasteiger partial charge on any atom is 0.126 e. The minimum atomic E-state index is -0.161. The standard InChI is InChI=1S/C17H20FNO/c1-12(10-15-6-3-4-9-17(15)18)19-13(2)14-7-5-8-16(20)11-14/h3-9,11-13,19-20H,10H2,1-2H3. The van der Waals surface area contributed by atoms with E-state index < -0.39 is 0 Å². The normalized spacial score (nSPS) is 13.9. The van der Waals surface area contributed by atoms with Gasteiger partial charge in [-0.1, -0.05) is 30.3 Å². The molecule has 2 atom stereocenters. The van der Waals surface area contributed by atoms with Gasteiger partial charge in [-0.2, -0.15) is 0 Å². The molecule has 2 nitrogen and oxygen atoms in total. The Kier molecular flexibility index (Phi) is 4.74. The summed E-state index contributed by atoms with van der Waals surface area (Å²) in [5.41, 5.74) is 1.74. The number of halogens is 1. The van der Waals surface area contributed by atoms with E-state index in [4.69, 9.17) is 0 Å². The van der Waals surface area contributed by atoms with Crippen LogP contribution in [0.3, 0.4) is 0 Å². The van der Waals surface area contributed by atoms with Crippen LogP contribution in [0.25, 0.3) is 0 Å². The van der Waals surface area contributed by atoms with Gasteiger partial charge in [0.1, 0.15) is 11.6 Å². The second kappa shape index (κ2) is 6.53. The molecule has 0 amide bonds. The summed E-state index contributed by atoms with van der Waals surface area (Å²) < 4.78 is 13.6. The maximum absolute atomic E-state index is 13.6. The van der Waals surface area contributed by atoms with E-state index in [1.54, 1.807) is 18.2 Å². The zero-order valence-corrected chi connectivity index (χ0v) is 11.8. The number of nitrogens with one attached hydrogen (secondary N) is 1. The van der Waals surface area contributed by atoms with E-state index in [-0.39, 0.29) is 23.7 Å². The van der Waals surface area contributed by atoms with Crippen LogP contribution in [0.2, 0.25) is 0 Å². The summed E-state index contributed by atoms with van der Waals surface area (Å²) in [7, 11) is 0. The lowest BCUT2D eigenvalue weighted by Crippen LogP contribution is -2.31. The smallest absolute Gasteiger partial charge is 0.126 e. The molecule has 106 valence electrons. The Morgan fingerprint density at radius 1 is 1.10 bits per heavy atom. The van der Waals surface area contributed by atoms with Gasteiger partial charge in [0, 0.05) is 12.1 Å². The summed E-state index contributed by atoms with van der Waals surface area (Å²) in [6.07, 6.45) is 0.635. The van der Waals surface area contributed by atoms with Gasteiger partial charge in [-0.15, -0.1) is 0 Å². The zero-order valence-electron chi connectivity index (χ0n) is 11.8. The fourth-order valence-electron chi connectivity index (χ4n) is 2.37. The molecule has 0 aliphatic rings. The molecule has 0 spiro atoms. The van der Waals surface area contributed by atoms with E-state index in [2.05, 4.69) is 5.32 Å². The number of hydrogen-bond acceptors (Lipinski definition) is 2. The highest BCUT2D eigenvalue weighted by Gasteiger charge is 2.12. The summed E-state index contributed by atoms with van der Waals surface area (Å²) >= 11 is 0. The maximum atomic E-state index is 13.6. The molecule has 0 radical (unpaired) electrons. The van der Waals surface area contributed by atoms with E-state index in [0.717, 1.165) is 11.1 Å². The Morgan fingerprint density at radius 3 is 2.55 bits per heavy atom. The first-order valence-electron chi connectivity index (χ1n) is 6.84. The molecule has 2 aromatic carbocycles. The fourth-order valence-corrected chi connectivity index (χ4v) is 2.37. The van der Waals surface area contributed by atoms with Gasteiger partial charge in [-0.3, -0.25) is 0 Å². The summed E-state index contributed by atoms with van der Waals surface area (Å²) in [6.45, 7) is 4.07. The molecule has 2 aromatic rings. The van der Waals surface area contributed by atoms with Crippen LogP contribution in [-0.4, -0.2) is 11.1 Å². The lowest BCUT2D eigenvalue weighted by molar-refractivity contribution is 0.458. The Balaban J connectivity index is 1.98. The summed E-state index contributed by atoms with van der Waals surface area (Å²) in [4.78, 5) is 0. The number of benzene rings is 2. The summed E-state index contributed by atoms with van der Waals surface area (Å²) in [6, 6.07) is 14.3. The predicted octanol–water partition coefficient (Wildman–Crippen LogP) is 3.81. The molecule has 2 unspecified atom stereocenters. The molecule has 2 N–H and O–H groups in total. The molecule has 0 aliphatic heterocycles. The number of hydrogen-bond donors (Lipinski definition) is 2. The van der Waals surface area contributed by atoms with Gasteiger partial charge < -0.3 is 10.4 Å². The third-order valence-corrected chi connectivity index (χ3v) is 3.39. The van der Waals surface area contributed by atoms with Crippen molar-refractivity contribution in [2.45, 2.75) is 32.4 Å². The quantitative estimate of drug-likeness (QED) is 0.868. The van der Waals surface area contributed by atoms with Gasteiger partial charge in [0.15, 0.2) is 0 Å². The van der Waals surface area contributed by atoms with E-state index in [0.29, 0.717) is 6.42 Å². The highest BCUT2D eigenvalue weighted by molar-refractivity contribution is 5.29. The van der Waals surface area contributed by atoms with Crippen molar-refractivity contribution < 1.29 is 9.50 Å². The second-order valence-electron chi connectivity index (χ2n) is 5.18. The summed E-state index contributed by atoms with van der Waals surface area (Å²) in [5.74, 6) is 0.101. The lowest BCUT2D eigenvalue weighted by atomic mass is 10.0. The molecule has 0 aliphatic carbocycles. The number of phenols is 1. The molecular weight excluding hydrogens is 253 g/mol. The minimum absolute atomic E-state index is 0.101. The van der Waals surface area contributed by atoms with Crippen LogP contribution in [0.1, 0.15) is 31.0 Å². The minimum Gasteiger partial charge on any atom is -0.508 e. The highest BCUT2D eigenvalue weighted by Crippen LogP contribution is 2.19. The fraction of sp³-hybridized carbons (Fsp3) is 0.294. The van der Waals surface area contributed by atoms with Crippen molar-refractivity contribution in [1.82, 2.24) is 5.32 Å². The molecule has 0 fully saturated rings. The largest absolute Gasteiger partial charge is 0.508 e. The molecular formula is C17H20FNO. The highest BCUT2D eigenvalue weighted by atomic mass is 19.1. The van der Waals surface area contributed by atoms with E-state index in [1.165, 1.54) is 6.07 Å². The predicted molar refractivity (Wildman–Crippen MR) is 79.2 cm³/mol. The van der Waals surface area contributed by atoms with Crippen LogP contribution in [0.15, 0.2) is 48.5 Å². The van der Waals surface area contributed by atoms with Gasteiger partial charge in [0.05, 0.1) is 0 Å². The van der Waals surface area contributed by atoms with E-state index >= 15 is 0 Å². The van der Waals surface area contributed by atoms with E-state index in [1.807, 2.05) is 38.1 Å². The average Bonchev–Trinajstić information content (AvgIpc) is 2.41. The topological polar surface area (TPSA) is 32.3 Å². The average molecular weight is 273 g/mol. The van der Waals surface area contributed by atoms with Crippen LogP contribution >= 0.6 is 0 Å². The molecule has 0 aromatic heterocycles. The molecule has 2 rings (SSSR count). The first kappa shape index (κ1) is 14.5. The Morgan fingerprint density at radius 2 is 1.85 bits per heavy atom. The Hall–Kier alpha value is -1.87. The van der Waals surface area contributed by atoms with Crippen LogP contribution in [0.4, 0.5) is 4.39 Å². The van der Waals surface area contributed by atoms with Gasteiger partial charge in [-0.25, -0.2) is 4.39 Å². The van der Waals surface area contributed by atoms with Crippen molar-refractivity contribution in [1.29, 1.82) is 0 Å². The third-order valence-electron chi connectivity index (χ3n) is 3.39. The van der Waals surface area contributed by atoms with Crippen LogP contribution in [0, 0.1) is 5.82 Å². The molecule has 3 heteroatoms. The van der Waals surface area contributed by atoms with Crippen molar-refractivity contribution in [3.8, 4) is 5.75 Å². The Bertz CT molecular complexity index is 570. The van der Waals surface area contributed by atoms with Gasteiger partial charge in [0.2, 0.25) is 0 Å². The first-order chi connectivity index (χ1) is 9.56. The van der Waals surface area contributed by atoms with Crippen molar-refractivity contribution in [3.63, 3.8) is 0 Å². The van der Waals surface area contributed by atoms with Gasteiger partial charge in [0.25, 0.3) is 0 Å². The Labute approximate surface area is 119 Å². The second-order valence-corrected chi connectivity index (χ2v) is 5.18. The number of rotatable bonds is 5. The van der Waals surface area contributed by atoms with E-state index in [9.17, 15) is 9.50 Å². The van der Waals surface area contributed by atoms with Crippen LogP contribution in [-0.2, 0) is 6.42 Å². The molecule has 0 saturated carbocycles. The van der Waals surface area contributed by atoms with Gasteiger partial charge in [-0.05, 0) is 49.6 Å². The van der Waals surface area contributed by atoms with Gasteiger partial charge >= 0.3 is 0 Å². The third kappa shape index (κ3) is 3.81. The van der Waals surface area contributed by atoms with Crippen LogP contribution in [0.5, 0.6) is 5.75 Å². The van der Waals surface area contributed by atoms with Crippen molar-refractivity contribution in [2.75, 3.05) is 0 Å². The molecule has 0 bridgehead atoms. The summed E-state index contributed by atoms with van der Waals surface area (Å²) in [5, 5.41) is 12.9. The molecule has 20 heavy (non-hydrogen) atoms. The van der Waals surface area contributed by atoms with Crippen molar-refractivity contribution in [3.05, 3.63) is 65.5 Å². The number of aromatic hydroxyl groups is 1. The van der Waals surface area contributed by atoms with Crippen molar-refractivity contribution in [2.24, 2.45) is 0 Å². The first-order valence-corrected chi connectivity index (χ1v) is 6.84. The molecule has 0 saturated heterocycles. The van der Waals surface area contributed by atoms with Crippen molar-refractivity contribution >= 4 is 0 Å². The van der Waals surface area contributed by atoms with Crippen LogP contribution < -0.4 is 5.32 Å². The number of phenolic OH excluding ortho intramolecular Hbond substituents is 1. The lowest BCUT2D eigenvalue weighted by Gasteiger charge is -2.21.